The zero-order valence-electron chi connectivity index (χ0n) is 22.4. The van der Waals surface area contributed by atoms with Crippen molar-refractivity contribution >= 4 is 17.6 Å². The van der Waals surface area contributed by atoms with Crippen molar-refractivity contribution in [2.45, 2.75) is 44.8 Å². The minimum atomic E-state index is -0.326. The van der Waals surface area contributed by atoms with Crippen molar-refractivity contribution in [3.8, 4) is 22.4 Å². The lowest BCUT2D eigenvalue weighted by Crippen LogP contribution is -2.30. The summed E-state index contributed by atoms with van der Waals surface area (Å²) in [5.74, 6) is -0.602. The van der Waals surface area contributed by atoms with Gasteiger partial charge in [-0.15, -0.1) is 0 Å². The molecular formula is C34H31FN2O3. The van der Waals surface area contributed by atoms with Gasteiger partial charge in [0.2, 0.25) is 0 Å². The number of anilines is 1. The van der Waals surface area contributed by atoms with Crippen LogP contribution in [0.4, 0.5) is 10.1 Å². The first-order valence-electron chi connectivity index (χ1n) is 13.8. The molecule has 1 aromatic heterocycles. The van der Waals surface area contributed by atoms with Crippen LogP contribution in [-0.2, 0) is 16.1 Å². The molecule has 0 saturated heterocycles. The molecule has 0 aliphatic carbocycles. The van der Waals surface area contributed by atoms with E-state index in [0.29, 0.717) is 31.5 Å². The summed E-state index contributed by atoms with van der Waals surface area (Å²) >= 11 is 0. The Morgan fingerprint density at radius 1 is 0.875 bits per heavy atom. The lowest BCUT2D eigenvalue weighted by atomic mass is 9.94. The maximum absolute atomic E-state index is 14.6. The third-order valence-electron chi connectivity index (χ3n) is 7.87. The molecule has 0 bridgehead atoms. The molecule has 3 aromatic carbocycles. The van der Waals surface area contributed by atoms with Crippen molar-refractivity contribution in [2.24, 2.45) is 0 Å². The standard InChI is InChI=1S/C34H31FN2O3/c1-23-19-21-36(27-11-6-3-7-12-27)34(39)31-30(24-9-4-2-5-10-24)33(25-15-17-26(35)18-16-25)37(32(23)31)22-20-28-13-8-14-29(38)40-28/h2-12,14-18,23,28H,13,19-22H2,1H3/t23?,28-/m0/s1. The Balaban J connectivity index is 1.58. The van der Waals surface area contributed by atoms with Crippen molar-refractivity contribution < 1.29 is 18.7 Å². The van der Waals surface area contributed by atoms with Gasteiger partial charge in [-0.25, -0.2) is 9.18 Å². The van der Waals surface area contributed by atoms with Gasteiger partial charge < -0.3 is 14.2 Å². The number of halogens is 1. The number of para-hydroxylation sites is 1. The minimum absolute atomic E-state index is 0.0430. The third kappa shape index (κ3) is 4.86. The highest BCUT2D eigenvalue weighted by atomic mass is 19.1. The fraction of sp³-hybridized carbons (Fsp3) is 0.235. The maximum atomic E-state index is 14.6. The molecule has 2 aliphatic heterocycles. The van der Waals surface area contributed by atoms with Gasteiger partial charge >= 0.3 is 5.97 Å². The lowest BCUT2D eigenvalue weighted by Gasteiger charge is -2.23. The molecule has 5 nitrogen and oxygen atoms in total. The molecule has 0 spiro atoms. The highest BCUT2D eigenvalue weighted by Gasteiger charge is 2.36. The summed E-state index contributed by atoms with van der Waals surface area (Å²) in [6, 6.07) is 26.2. The van der Waals surface area contributed by atoms with E-state index in [4.69, 9.17) is 4.74 Å². The number of ether oxygens (including phenoxy) is 1. The van der Waals surface area contributed by atoms with Crippen molar-refractivity contribution in [3.63, 3.8) is 0 Å². The number of hydrogen-bond donors (Lipinski definition) is 0. The van der Waals surface area contributed by atoms with Crippen LogP contribution in [0.15, 0.2) is 97.1 Å². The van der Waals surface area contributed by atoms with E-state index in [1.807, 2.05) is 71.6 Å². The third-order valence-corrected chi connectivity index (χ3v) is 7.87. The molecule has 6 heteroatoms. The number of esters is 1. The number of aromatic nitrogens is 1. The molecule has 1 unspecified atom stereocenters. The van der Waals surface area contributed by atoms with Crippen molar-refractivity contribution in [2.75, 3.05) is 11.4 Å². The molecule has 6 rings (SSSR count). The molecule has 0 N–H and O–H groups in total. The minimum Gasteiger partial charge on any atom is -0.459 e. The number of rotatable bonds is 6. The Morgan fingerprint density at radius 2 is 1.57 bits per heavy atom. The fourth-order valence-electron chi connectivity index (χ4n) is 5.96. The molecule has 2 aliphatic rings. The van der Waals surface area contributed by atoms with E-state index in [1.54, 1.807) is 12.1 Å². The highest BCUT2D eigenvalue weighted by Crippen LogP contribution is 2.45. The summed E-state index contributed by atoms with van der Waals surface area (Å²) in [6.45, 7) is 3.32. The fourth-order valence-corrected chi connectivity index (χ4v) is 5.96. The smallest absolute Gasteiger partial charge is 0.330 e. The van der Waals surface area contributed by atoms with Gasteiger partial charge in [-0.2, -0.15) is 0 Å². The van der Waals surface area contributed by atoms with Gasteiger partial charge in [0.25, 0.3) is 5.91 Å². The number of hydrogen-bond acceptors (Lipinski definition) is 3. The van der Waals surface area contributed by atoms with Crippen molar-refractivity contribution in [1.82, 2.24) is 4.57 Å². The molecule has 202 valence electrons. The van der Waals surface area contributed by atoms with Gasteiger partial charge in [0.15, 0.2) is 0 Å². The van der Waals surface area contributed by atoms with Crippen LogP contribution >= 0.6 is 0 Å². The molecule has 0 fully saturated rings. The van der Waals surface area contributed by atoms with Crippen LogP contribution in [-0.4, -0.2) is 29.1 Å². The van der Waals surface area contributed by atoms with E-state index in [9.17, 15) is 14.0 Å². The first-order chi connectivity index (χ1) is 19.5. The average molecular weight is 535 g/mol. The van der Waals surface area contributed by atoms with Crippen LogP contribution in [0, 0.1) is 5.82 Å². The number of carbonyl (C=O) groups is 2. The zero-order valence-corrected chi connectivity index (χ0v) is 22.4. The average Bonchev–Trinajstić information content (AvgIpc) is 3.26. The molecular weight excluding hydrogens is 503 g/mol. The van der Waals surface area contributed by atoms with Crippen LogP contribution in [0.5, 0.6) is 0 Å². The Bertz CT molecular complexity index is 1560. The summed E-state index contributed by atoms with van der Waals surface area (Å²) in [4.78, 5) is 28.4. The van der Waals surface area contributed by atoms with Gasteiger partial charge in [0.05, 0.1) is 11.3 Å². The Morgan fingerprint density at radius 3 is 2.27 bits per heavy atom. The normalized spacial score (nSPS) is 18.8. The van der Waals surface area contributed by atoms with E-state index in [1.165, 1.54) is 18.2 Å². The summed E-state index contributed by atoms with van der Waals surface area (Å²) in [5.41, 5.74) is 6.01. The molecule has 3 heterocycles. The zero-order chi connectivity index (χ0) is 27.6. The van der Waals surface area contributed by atoms with Gasteiger partial charge in [0.1, 0.15) is 11.9 Å². The van der Waals surface area contributed by atoms with E-state index in [-0.39, 0.29) is 29.7 Å². The predicted octanol–water partition coefficient (Wildman–Crippen LogP) is 7.38. The number of benzene rings is 3. The van der Waals surface area contributed by atoms with E-state index in [0.717, 1.165) is 40.2 Å². The number of nitrogens with zero attached hydrogens (tertiary/aromatic N) is 2. The summed E-state index contributed by atoms with van der Waals surface area (Å²) in [6.07, 6.45) is 5.12. The Hall–Kier alpha value is -4.45. The van der Waals surface area contributed by atoms with Crippen molar-refractivity contribution in [3.05, 3.63) is 114 Å². The second-order valence-electron chi connectivity index (χ2n) is 10.5. The summed E-state index contributed by atoms with van der Waals surface area (Å²) in [5, 5.41) is 0. The first kappa shape index (κ1) is 25.8. The number of fused-ring (bicyclic) bond motifs is 1. The summed E-state index contributed by atoms with van der Waals surface area (Å²) in [7, 11) is 0. The molecule has 4 aromatic rings. The van der Waals surface area contributed by atoms with Crippen LogP contribution in [0.3, 0.4) is 0 Å². The highest BCUT2D eigenvalue weighted by molar-refractivity contribution is 6.14. The first-order valence-corrected chi connectivity index (χ1v) is 13.8. The van der Waals surface area contributed by atoms with E-state index < -0.39 is 0 Å². The monoisotopic (exact) mass is 534 g/mol. The van der Waals surface area contributed by atoms with E-state index >= 15 is 0 Å². The number of amides is 1. The summed E-state index contributed by atoms with van der Waals surface area (Å²) < 4.78 is 21.9. The van der Waals surface area contributed by atoms with Gasteiger partial charge in [0, 0.05) is 49.0 Å². The topological polar surface area (TPSA) is 51.5 Å². The molecule has 1 amide bonds. The SMILES string of the molecule is CC1CCN(c2ccccc2)C(=O)c2c(-c3ccccc3)c(-c3ccc(F)cc3)n(CC[C@@H]3CC=CC(=O)O3)c21. The van der Waals surface area contributed by atoms with Gasteiger partial charge in [-0.05, 0) is 59.9 Å². The number of carbonyl (C=O) groups excluding carboxylic acids is 2. The van der Waals surface area contributed by atoms with Crippen LogP contribution in [0.2, 0.25) is 0 Å². The van der Waals surface area contributed by atoms with Crippen LogP contribution < -0.4 is 4.90 Å². The lowest BCUT2D eigenvalue weighted by molar-refractivity contribution is -0.144. The Labute approximate surface area is 233 Å². The maximum Gasteiger partial charge on any atom is 0.330 e. The predicted molar refractivity (Wildman–Crippen MR) is 155 cm³/mol. The largest absolute Gasteiger partial charge is 0.459 e. The van der Waals surface area contributed by atoms with Crippen LogP contribution in [0.25, 0.3) is 22.4 Å². The van der Waals surface area contributed by atoms with Gasteiger partial charge in [-0.1, -0.05) is 61.5 Å². The second-order valence-corrected chi connectivity index (χ2v) is 10.5. The second kappa shape index (κ2) is 11.0. The van der Waals surface area contributed by atoms with Gasteiger partial charge in [-0.3, -0.25) is 4.79 Å². The van der Waals surface area contributed by atoms with Crippen LogP contribution in [0.1, 0.15) is 48.2 Å². The molecule has 2 atom stereocenters. The molecule has 0 radical (unpaired) electrons. The Kier molecular flexibility index (Phi) is 7.08. The number of cyclic esters (lactones) is 1. The van der Waals surface area contributed by atoms with Crippen molar-refractivity contribution in [1.29, 1.82) is 0 Å². The quantitative estimate of drug-likeness (QED) is 0.243. The van der Waals surface area contributed by atoms with E-state index in [2.05, 4.69) is 11.5 Å². The molecule has 40 heavy (non-hydrogen) atoms. The molecule has 0 saturated carbocycles.